The van der Waals surface area contributed by atoms with Crippen molar-refractivity contribution in [2.75, 3.05) is 0 Å². The van der Waals surface area contributed by atoms with E-state index < -0.39 is 5.60 Å². The number of benzene rings is 2. The largest absolute Gasteiger partial charge is 0.482 e. The molecule has 2 nitrogen and oxygen atoms in total. The lowest BCUT2D eigenvalue weighted by Gasteiger charge is -2.33. The second kappa shape index (κ2) is 4.64. The standard InChI is InChI=1S/C18H20O2/c1-12(2)18(19)15-6-4-5-7-16(15)20-17(18)14-10-8-13(3)9-11-14/h4-12,17,19H,1-3H3/t17-,18-/m1/s1. The van der Waals surface area contributed by atoms with Crippen molar-refractivity contribution in [3.05, 3.63) is 65.2 Å². The van der Waals surface area contributed by atoms with E-state index in [0.717, 1.165) is 16.9 Å². The molecule has 0 radical (unpaired) electrons. The van der Waals surface area contributed by atoms with Gasteiger partial charge in [-0.2, -0.15) is 0 Å². The first-order valence-electron chi connectivity index (χ1n) is 7.08. The molecule has 1 aliphatic heterocycles. The second-order valence-electron chi connectivity index (χ2n) is 5.88. The molecular weight excluding hydrogens is 248 g/mol. The molecule has 20 heavy (non-hydrogen) atoms. The van der Waals surface area contributed by atoms with Crippen molar-refractivity contribution in [2.45, 2.75) is 32.5 Å². The van der Waals surface area contributed by atoms with E-state index >= 15 is 0 Å². The topological polar surface area (TPSA) is 29.5 Å². The fourth-order valence-corrected chi connectivity index (χ4v) is 2.94. The molecule has 3 rings (SSSR count). The summed E-state index contributed by atoms with van der Waals surface area (Å²) in [6.07, 6.45) is -0.347. The zero-order valence-corrected chi connectivity index (χ0v) is 12.1. The number of para-hydroxylation sites is 1. The molecule has 2 aromatic carbocycles. The first-order valence-corrected chi connectivity index (χ1v) is 7.08. The van der Waals surface area contributed by atoms with Crippen molar-refractivity contribution >= 4 is 0 Å². The van der Waals surface area contributed by atoms with Crippen LogP contribution in [0.3, 0.4) is 0 Å². The second-order valence-corrected chi connectivity index (χ2v) is 5.88. The van der Waals surface area contributed by atoms with E-state index in [1.807, 2.05) is 50.2 Å². The van der Waals surface area contributed by atoms with Crippen molar-refractivity contribution < 1.29 is 9.84 Å². The molecule has 2 atom stereocenters. The first kappa shape index (κ1) is 13.2. The SMILES string of the molecule is Cc1ccc([C@H]2Oc3ccccc3[C@]2(O)C(C)C)cc1. The van der Waals surface area contributed by atoms with Crippen LogP contribution >= 0.6 is 0 Å². The molecule has 0 aromatic heterocycles. The lowest BCUT2D eigenvalue weighted by atomic mass is 9.78. The minimum absolute atomic E-state index is 0.0671. The van der Waals surface area contributed by atoms with Gasteiger partial charge in [-0.1, -0.05) is 61.9 Å². The number of ether oxygens (including phenoxy) is 1. The van der Waals surface area contributed by atoms with Crippen molar-refractivity contribution in [2.24, 2.45) is 5.92 Å². The number of aryl methyl sites for hydroxylation is 1. The maximum absolute atomic E-state index is 11.3. The highest BCUT2D eigenvalue weighted by Crippen LogP contribution is 2.52. The van der Waals surface area contributed by atoms with Gasteiger partial charge in [0.25, 0.3) is 0 Å². The Kier molecular flexibility index (Phi) is 3.06. The van der Waals surface area contributed by atoms with Crippen molar-refractivity contribution in [1.29, 1.82) is 0 Å². The van der Waals surface area contributed by atoms with Gasteiger partial charge in [0.05, 0.1) is 0 Å². The van der Waals surface area contributed by atoms with Gasteiger partial charge in [-0.05, 0) is 24.5 Å². The summed E-state index contributed by atoms with van der Waals surface area (Å²) in [7, 11) is 0. The van der Waals surface area contributed by atoms with Gasteiger partial charge < -0.3 is 9.84 Å². The fraction of sp³-hybridized carbons (Fsp3) is 0.333. The molecule has 0 fully saturated rings. The molecular formula is C18H20O2. The molecule has 0 saturated carbocycles. The van der Waals surface area contributed by atoms with Gasteiger partial charge in [0.2, 0.25) is 0 Å². The average molecular weight is 268 g/mol. The lowest BCUT2D eigenvalue weighted by Crippen LogP contribution is -2.36. The van der Waals surface area contributed by atoms with Crippen molar-refractivity contribution in [3.63, 3.8) is 0 Å². The van der Waals surface area contributed by atoms with Crippen molar-refractivity contribution in [1.82, 2.24) is 0 Å². The van der Waals surface area contributed by atoms with Gasteiger partial charge in [0, 0.05) is 5.56 Å². The predicted molar refractivity (Wildman–Crippen MR) is 79.7 cm³/mol. The van der Waals surface area contributed by atoms with Gasteiger partial charge in [0.1, 0.15) is 11.4 Å². The lowest BCUT2D eigenvalue weighted by molar-refractivity contribution is -0.0777. The zero-order chi connectivity index (χ0) is 14.3. The summed E-state index contributed by atoms with van der Waals surface area (Å²) in [4.78, 5) is 0. The summed E-state index contributed by atoms with van der Waals surface area (Å²) >= 11 is 0. The van der Waals surface area contributed by atoms with Crippen LogP contribution in [-0.4, -0.2) is 5.11 Å². The molecule has 0 amide bonds. The third-order valence-corrected chi connectivity index (χ3v) is 4.22. The van der Waals surface area contributed by atoms with Crippen molar-refractivity contribution in [3.8, 4) is 5.75 Å². The van der Waals surface area contributed by atoms with Gasteiger partial charge in [-0.3, -0.25) is 0 Å². The van der Waals surface area contributed by atoms with Crippen LogP contribution in [0.2, 0.25) is 0 Å². The molecule has 104 valence electrons. The molecule has 0 spiro atoms. The monoisotopic (exact) mass is 268 g/mol. The Morgan fingerprint density at radius 2 is 1.70 bits per heavy atom. The summed E-state index contributed by atoms with van der Waals surface area (Å²) < 4.78 is 6.06. The summed E-state index contributed by atoms with van der Waals surface area (Å²) in [5, 5.41) is 11.3. The van der Waals surface area contributed by atoms with Crippen LogP contribution in [-0.2, 0) is 5.60 Å². The summed E-state index contributed by atoms with van der Waals surface area (Å²) in [5.41, 5.74) is 2.13. The zero-order valence-electron chi connectivity index (χ0n) is 12.1. The van der Waals surface area contributed by atoms with Crippen LogP contribution in [0, 0.1) is 12.8 Å². The average Bonchev–Trinajstić information content (AvgIpc) is 2.75. The maximum Gasteiger partial charge on any atom is 0.157 e. The Bertz CT molecular complexity index is 616. The number of hydrogen-bond acceptors (Lipinski definition) is 2. The molecule has 0 unspecified atom stereocenters. The minimum atomic E-state index is -0.980. The quantitative estimate of drug-likeness (QED) is 0.893. The molecule has 1 heterocycles. The Morgan fingerprint density at radius 1 is 1.05 bits per heavy atom. The predicted octanol–water partition coefficient (Wildman–Crippen LogP) is 3.97. The van der Waals surface area contributed by atoms with Crippen LogP contribution in [0.15, 0.2) is 48.5 Å². The Hall–Kier alpha value is -1.80. The normalized spacial score (nSPS) is 24.6. The third-order valence-electron chi connectivity index (χ3n) is 4.22. The van der Waals surface area contributed by atoms with E-state index in [9.17, 15) is 5.11 Å². The summed E-state index contributed by atoms with van der Waals surface area (Å²) in [6.45, 7) is 6.13. The van der Waals surface area contributed by atoms with E-state index in [0.29, 0.717) is 0 Å². The highest BCUT2D eigenvalue weighted by molar-refractivity contribution is 5.46. The van der Waals surface area contributed by atoms with Crippen LogP contribution in [0.5, 0.6) is 5.75 Å². The number of aliphatic hydroxyl groups is 1. The Morgan fingerprint density at radius 3 is 2.35 bits per heavy atom. The first-order chi connectivity index (χ1) is 9.53. The molecule has 0 aliphatic carbocycles. The summed E-state index contributed by atoms with van der Waals surface area (Å²) in [5.74, 6) is 0.853. The van der Waals surface area contributed by atoms with E-state index in [1.165, 1.54) is 5.56 Å². The molecule has 0 saturated heterocycles. The van der Waals surface area contributed by atoms with E-state index in [2.05, 4.69) is 19.1 Å². The van der Waals surface area contributed by atoms with Gasteiger partial charge in [-0.25, -0.2) is 0 Å². The highest BCUT2D eigenvalue weighted by atomic mass is 16.5. The highest BCUT2D eigenvalue weighted by Gasteiger charge is 2.50. The van der Waals surface area contributed by atoms with Gasteiger partial charge in [-0.15, -0.1) is 0 Å². The molecule has 1 aliphatic rings. The molecule has 2 aromatic rings. The van der Waals surface area contributed by atoms with Gasteiger partial charge >= 0.3 is 0 Å². The van der Waals surface area contributed by atoms with E-state index in [-0.39, 0.29) is 12.0 Å². The van der Waals surface area contributed by atoms with Crippen LogP contribution in [0.1, 0.15) is 36.6 Å². The summed E-state index contributed by atoms with van der Waals surface area (Å²) in [6, 6.07) is 16.0. The van der Waals surface area contributed by atoms with Crippen LogP contribution in [0.25, 0.3) is 0 Å². The van der Waals surface area contributed by atoms with Crippen LogP contribution < -0.4 is 4.74 Å². The molecule has 1 N–H and O–H groups in total. The fourth-order valence-electron chi connectivity index (χ4n) is 2.94. The Labute approximate surface area is 120 Å². The van der Waals surface area contributed by atoms with E-state index in [4.69, 9.17) is 4.74 Å². The number of rotatable bonds is 2. The third kappa shape index (κ3) is 1.83. The van der Waals surface area contributed by atoms with Crippen LogP contribution in [0.4, 0.5) is 0 Å². The molecule has 0 bridgehead atoms. The number of hydrogen-bond donors (Lipinski definition) is 1. The number of fused-ring (bicyclic) bond motifs is 1. The van der Waals surface area contributed by atoms with E-state index in [1.54, 1.807) is 0 Å². The molecule has 2 heteroatoms. The maximum atomic E-state index is 11.3. The van der Waals surface area contributed by atoms with Gasteiger partial charge in [0.15, 0.2) is 6.10 Å². The smallest absolute Gasteiger partial charge is 0.157 e. The Balaban J connectivity index is 2.11. The minimum Gasteiger partial charge on any atom is -0.482 e.